The summed E-state index contributed by atoms with van der Waals surface area (Å²) in [5.41, 5.74) is -0.894. The number of aromatic nitrogens is 2. The van der Waals surface area contributed by atoms with Gasteiger partial charge in [0.15, 0.2) is 0 Å². The number of aryl methyl sites for hydroxylation is 1. The zero-order chi connectivity index (χ0) is 26.2. The van der Waals surface area contributed by atoms with E-state index in [2.05, 4.69) is 23.0 Å². The van der Waals surface area contributed by atoms with Crippen LogP contribution in [0.5, 0.6) is 0 Å². The second kappa shape index (κ2) is 23.0. The van der Waals surface area contributed by atoms with Gasteiger partial charge in [-0.15, -0.1) is 0 Å². The number of aromatic carboxylic acids is 3. The van der Waals surface area contributed by atoms with Gasteiger partial charge in [0.05, 0.1) is 35.6 Å². The molecule has 1 aromatic carbocycles. The van der Waals surface area contributed by atoms with Crippen molar-refractivity contribution in [3.63, 3.8) is 0 Å². The Labute approximate surface area is 260 Å². The third-order valence-corrected chi connectivity index (χ3v) is 5.52. The van der Waals surface area contributed by atoms with Crippen LogP contribution < -0.4 is 71.9 Å². The van der Waals surface area contributed by atoms with Crippen LogP contribution in [0.2, 0.25) is 0 Å². The number of nitriles is 1. The van der Waals surface area contributed by atoms with Gasteiger partial charge in [0.25, 0.3) is 0 Å². The molecule has 0 radical (unpaired) electrons. The number of imidazole rings is 1. The number of nitrogens with one attached hydrogen (secondary N) is 1. The molecule has 0 saturated heterocycles. The van der Waals surface area contributed by atoms with Crippen LogP contribution in [0.15, 0.2) is 24.4 Å². The molecular formula is C26H32Li3N3O6. The number of hydrogen-bond donors (Lipinski definition) is 1. The van der Waals surface area contributed by atoms with E-state index < -0.39 is 34.6 Å². The minimum absolute atomic E-state index is 0. The smallest absolute Gasteiger partial charge is 0.545 e. The van der Waals surface area contributed by atoms with E-state index in [-0.39, 0.29) is 62.5 Å². The van der Waals surface area contributed by atoms with Crippen molar-refractivity contribution in [2.45, 2.75) is 84.0 Å². The molecule has 12 heteroatoms. The van der Waals surface area contributed by atoms with Crippen molar-refractivity contribution in [3.8, 4) is 6.07 Å². The molecule has 1 N–H and O–H groups in total. The van der Waals surface area contributed by atoms with E-state index >= 15 is 0 Å². The second-order valence-electron chi connectivity index (χ2n) is 8.34. The molecule has 0 aliphatic heterocycles. The molecule has 1 atom stereocenters. The molecule has 0 fully saturated rings. The normalized spacial score (nSPS) is 10.2. The van der Waals surface area contributed by atoms with Gasteiger partial charge in [-0.3, -0.25) is 0 Å². The van der Waals surface area contributed by atoms with Gasteiger partial charge in [-0.05, 0) is 25.0 Å². The summed E-state index contributed by atoms with van der Waals surface area (Å²) >= 11 is 0. The van der Waals surface area contributed by atoms with Crippen molar-refractivity contribution >= 4 is 17.9 Å². The van der Waals surface area contributed by atoms with Crippen molar-refractivity contribution in [1.82, 2.24) is 9.97 Å². The van der Waals surface area contributed by atoms with Gasteiger partial charge in [-0.1, -0.05) is 70.4 Å². The summed E-state index contributed by atoms with van der Waals surface area (Å²) in [5, 5.41) is 40.1. The van der Waals surface area contributed by atoms with E-state index in [1.807, 2.05) is 6.92 Å². The Bertz CT molecular complexity index is 1020. The van der Waals surface area contributed by atoms with E-state index in [0.29, 0.717) is 6.07 Å². The Balaban J connectivity index is -0.000000617. The maximum Gasteiger partial charge on any atom is 1.00 e. The molecule has 2 rings (SSSR count). The van der Waals surface area contributed by atoms with Crippen molar-refractivity contribution in [3.05, 3.63) is 52.6 Å². The van der Waals surface area contributed by atoms with Gasteiger partial charge in [0, 0.05) is 23.7 Å². The topological polar surface area (TPSA) is 173 Å². The fraction of sp³-hybridized carbons (Fsp3) is 0.500. The number of benzene rings is 1. The molecule has 0 bridgehead atoms. The van der Waals surface area contributed by atoms with E-state index in [4.69, 9.17) is 5.26 Å². The fourth-order valence-corrected chi connectivity index (χ4v) is 3.42. The first kappa shape index (κ1) is 40.6. The fourth-order valence-electron chi connectivity index (χ4n) is 3.42. The molecule has 0 aliphatic carbocycles. The molecule has 0 amide bonds. The van der Waals surface area contributed by atoms with Crippen molar-refractivity contribution in [2.24, 2.45) is 0 Å². The Morgan fingerprint density at radius 1 is 0.868 bits per heavy atom. The van der Waals surface area contributed by atoms with E-state index in [0.717, 1.165) is 30.1 Å². The third kappa shape index (κ3) is 15.5. The molecular weight excluding hydrogens is 471 g/mol. The number of H-pyrrole nitrogens is 1. The summed E-state index contributed by atoms with van der Waals surface area (Å²) in [5.74, 6) is -4.18. The van der Waals surface area contributed by atoms with Gasteiger partial charge in [-0.2, -0.15) is 5.26 Å². The number of carboxylic acids is 3. The minimum Gasteiger partial charge on any atom is -0.545 e. The summed E-state index contributed by atoms with van der Waals surface area (Å²) in [6.45, 7) is 4.16. The predicted octanol–water partition coefficient (Wildman–Crippen LogP) is -7.10. The second-order valence-corrected chi connectivity index (χ2v) is 8.34. The first-order valence-electron chi connectivity index (χ1n) is 11.9. The predicted molar refractivity (Wildman–Crippen MR) is 123 cm³/mol. The molecule has 0 saturated carbocycles. The molecule has 1 heterocycles. The molecule has 0 aliphatic rings. The maximum atomic E-state index is 10.5. The zero-order valence-corrected chi connectivity index (χ0v) is 23.3. The van der Waals surface area contributed by atoms with Crippen LogP contribution in [0.25, 0.3) is 0 Å². The van der Waals surface area contributed by atoms with Gasteiger partial charge in [0.1, 0.15) is 5.82 Å². The van der Waals surface area contributed by atoms with Crippen LogP contribution in [0.4, 0.5) is 0 Å². The van der Waals surface area contributed by atoms with Gasteiger partial charge >= 0.3 is 56.6 Å². The SMILES string of the molecule is CCCCCCCCCCCc1ncc(C(C)C#N)[nH]1.O=C([O-])c1ccc(C(=O)[O-])c(C(=O)[O-])c1.[Li+].[Li+].[Li+]. The van der Waals surface area contributed by atoms with Gasteiger partial charge < -0.3 is 34.7 Å². The van der Waals surface area contributed by atoms with Crippen LogP contribution in [0.1, 0.15) is 120 Å². The Morgan fingerprint density at radius 3 is 1.87 bits per heavy atom. The molecule has 9 nitrogen and oxygen atoms in total. The molecule has 190 valence electrons. The third-order valence-electron chi connectivity index (χ3n) is 5.52. The van der Waals surface area contributed by atoms with Gasteiger partial charge in [-0.25, -0.2) is 4.98 Å². The summed E-state index contributed by atoms with van der Waals surface area (Å²) in [6.07, 6.45) is 14.9. The van der Waals surface area contributed by atoms with Crippen LogP contribution >= 0.6 is 0 Å². The largest absolute Gasteiger partial charge is 1.00 e. The number of nitrogens with zero attached hydrogens (tertiary/aromatic N) is 2. The van der Waals surface area contributed by atoms with E-state index in [1.54, 1.807) is 6.20 Å². The summed E-state index contributed by atoms with van der Waals surface area (Å²) in [6, 6.07) is 4.60. The monoisotopic (exact) mass is 503 g/mol. The standard InChI is InChI=1S/C17H29N3.C9H6O6.3Li/c1-3-4-5-6-7-8-9-10-11-12-17-19-14-16(20-17)15(2)13-18;10-7(11)4-1-2-5(8(12)13)6(3-4)9(14)15;;;/h14-15H,3-12H2,1-2H3,(H,19,20);1-3H,(H,10,11)(H,12,13)(H,14,15);;;/q;;3*+1/p-3. The number of carboxylic acid groups (broad SMARTS) is 3. The molecule has 0 spiro atoms. The number of aromatic amines is 1. The number of unbranched alkanes of at least 4 members (excludes halogenated alkanes) is 8. The number of hydrogen-bond acceptors (Lipinski definition) is 8. The number of carbonyl (C=O) groups excluding carboxylic acids is 3. The van der Waals surface area contributed by atoms with E-state index in [1.165, 1.54) is 57.8 Å². The average Bonchev–Trinajstić information content (AvgIpc) is 3.31. The van der Waals surface area contributed by atoms with Crippen molar-refractivity contribution in [1.29, 1.82) is 5.26 Å². The van der Waals surface area contributed by atoms with Crippen LogP contribution in [0, 0.1) is 11.3 Å². The van der Waals surface area contributed by atoms with Gasteiger partial charge in [0.2, 0.25) is 0 Å². The molecule has 2 aromatic rings. The van der Waals surface area contributed by atoms with Crippen molar-refractivity contribution in [2.75, 3.05) is 0 Å². The summed E-state index contributed by atoms with van der Waals surface area (Å²) < 4.78 is 0. The maximum absolute atomic E-state index is 10.5. The number of rotatable bonds is 14. The average molecular weight is 503 g/mol. The molecule has 1 unspecified atom stereocenters. The van der Waals surface area contributed by atoms with Crippen LogP contribution in [-0.4, -0.2) is 27.9 Å². The van der Waals surface area contributed by atoms with Crippen molar-refractivity contribution < 1.29 is 86.3 Å². The quantitative estimate of drug-likeness (QED) is 0.196. The van der Waals surface area contributed by atoms with Crippen LogP contribution in [-0.2, 0) is 6.42 Å². The molecule has 1 aromatic heterocycles. The zero-order valence-electron chi connectivity index (χ0n) is 23.3. The Hall–Kier alpha value is -1.88. The Kier molecular flexibility index (Phi) is 24.6. The minimum atomic E-state index is -1.79. The first-order chi connectivity index (χ1) is 16.7. The Morgan fingerprint density at radius 2 is 1.39 bits per heavy atom. The number of carbonyl (C=O) groups is 3. The summed E-state index contributed by atoms with van der Waals surface area (Å²) in [4.78, 5) is 38.9. The first-order valence-corrected chi connectivity index (χ1v) is 11.9. The van der Waals surface area contributed by atoms with E-state index in [9.17, 15) is 29.7 Å². The van der Waals surface area contributed by atoms with Crippen LogP contribution in [0.3, 0.4) is 0 Å². The summed E-state index contributed by atoms with van der Waals surface area (Å²) in [7, 11) is 0. The molecule has 38 heavy (non-hydrogen) atoms.